The molecule has 1 aromatic heterocycles. The van der Waals surface area contributed by atoms with E-state index in [-0.39, 0.29) is 0 Å². The lowest BCUT2D eigenvalue weighted by molar-refractivity contribution is 0.100. The van der Waals surface area contributed by atoms with Crippen molar-refractivity contribution in [1.29, 1.82) is 0 Å². The number of ether oxygens (including phenoxy) is 1. The van der Waals surface area contributed by atoms with Gasteiger partial charge in [-0.3, -0.25) is 4.79 Å². The summed E-state index contributed by atoms with van der Waals surface area (Å²) in [6.45, 7) is 0. The summed E-state index contributed by atoms with van der Waals surface area (Å²) in [5, 5.41) is 1.32. The highest BCUT2D eigenvalue weighted by Crippen LogP contribution is 2.35. The number of primary amides is 1. The molecule has 0 atom stereocenters. The Morgan fingerprint density at radius 3 is 2.64 bits per heavy atom. The maximum atomic E-state index is 11.7. The van der Waals surface area contributed by atoms with E-state index in [4.69, 9.17) is 22.1 Å². The van der Waals surface area contributed by atoms with Crippen LogP contribution in [0.15, 0.2) is 48.5 Å². The molecule has 2 aromatic carbocycles. The van der Waals surface area contributed by atoms with Crippen LogP contribution in [0.1, 0.15) is 10.4 Å². The SMILES string of the molecule is COc1cc2nc(Cl)ccc2cc1-c1ccccc1C(N)=O. The van der Waals surface area contributed by atoms with Gasteiger partial charge in [-0.05, 0) is 29.8 Å². The van der Waals surface area contributed by atoms with Crippen LogP contribution in [0, 0.1) is 0 Å². The Morgan fingerprint density at radius 1 is 1.14 bits per heavy atom. The first-order valence-electron chi connectivity index (χ1n) is 6.63. The van der Waals surface area contributed by atoms with Crippen LogP contribution in [0.4, 0.5) is 0 Å². The fraction of sp³-hybridized carbons (Fsp3) is 0.0588. The number of amides is 1. The van der Waals surface area contributed by atoms with Crippen molar-refractivity contribution >= 4 is 28.4 Å². The minimum atomic E-state index is -0.480. The van der Waals surface area contributed by atoms with Crippen LogP contribution < -0.4 is 10.5 Å². The first kappa shape index (κ1) is 14.4. The Morgan fingerprint density at radius 2 is 1.91 bits per heavy atom. The van der Waals surface area contributed by atoms with E-state index >= 15 is 0 Å². The van der Waals surface area contributed by atoms with Crippen molar-refractivity contribution in [3.05, 3.63) is 59.2 Å². The predicted octanol–water partition coefficient (Wildman–Crippen LogP) is 3.66. The summed E-state index contributed by atoms with van der Waals surface area (Å²) in [4.78, 5) is 15.9. The van der Waals surface area contributed by atoms with Gasteiger partial charge in [-0.25, -0.2) is 4.98 Å². The second kappa shape index (κ2) is 5.66. The minimum Gasteiger partial charge on any atom is -0.496 e. The number of halogens is 1. The lowest BCUT2D eigenvalue weighted by atomic mass is 9.97. The second-order valence-corrected chi connectivity index (χ2v) is 5.18. The van der Waals surface area contributed by atoms with Crippen LogP contribution >= 0.6 is 11.6 Å². The van der Waals surface area contributed by atoms with Gasteiger partial charge >= 0.3 is 0 Å². The molecule has 0 saturated carbocycles. The van der Waals surface area contributed by atoms with Crippen molar-refractivity contribution in [2.24, 2.45) is 5.73 Å². The molecule has 0 bridgehead atoms. The summed E-state index contributed by atoms with van der Waals surface area (Å²) in [7, 11) is 1.57. The maximum absolute atomic E-state index is 11.7. The normalized spacial score (nSPS) is 10.6. The number of methoxy groups -OCH3 is 1. The van der Waals surface area contributed by atoms with Gasteiger partial charge in [0.05, 0.1) is 12.6 Å². The molecule has 0 spiro atoms. The molecular formula is C17H13ClN2O2. The van der Waals surface area contributed by atoms with E-state index < -0.39 is 5.91 Å². The number of carbonyl (C=O) groups excluding carboxylic acids is 1. The zero-order valence-corrected chi connectivity index (χ0v) is 12.6. The van der Waals surface area contributed by atoms with Crippen molar-refractivity contribution in [3.63, 3.8) is 0 Å². The van der Waals surface area contributed by atoms with Crippen LogP contribution in [0.3, 0.4) is 0 Å². The Kier molecular flexibility index (Phi) is 3.69. The Bertz CT molecular complexity index is 878. The van der Waals surface area contributed by atoms with Gasteiger partial charge in [0, 0.05) is 22.6 Å². The van der Waals surface area contributed by atoms with Gasteiger partial charge in [-0.1, -0.05) is 29.8 Å². The third-order valence-electron chi connectivity index (χ3n) is 3.46. The number of benzene rings is 2. The molecule has 0 aliphatic rings. The van der Waals surface area contributed by atoms with E-state index in [1.54, 1.807) is 31.4 Å². The lowest BCUT2D eigenvalue weighted by Crippen LogP contribution is -2.12. The summed E-state index contributed by atoms with van der Waals surface area (Å²) in [6.07, 6.45) is 0. The summed E-state index contributed by atoms with van der Waals surface area (Å²) in [5.41, 5.74) is 8.15. The first-order chi connectivity index (χ1) is 10.6. The summed E-state index contributed by atoms with van der Waals surface area (Å²) < 4.78 is 5.45. The molecule has 110 valence electrons. The number of nitrogens with zero attached hydrogens (tertiary/aromatic N) is 1. The monoisotopic (exact) mass is 312 g/mol. The largest absolute Gasteiger partial charge is 0.496 e. The van der Waals surface area contributed by atoms with Crippen LogP contribution in [0.2, 0.25) is 5.15 Å². The molecular weight excluding hydrogens is 300 g/mol. The van der Waals surface area contributed by atoms with Gasteiger partial charge in [0.15, 0.2) is 0 Å². The van der Waals surface area contributed by atoms with E-state index in [1.807, 2.05) is 24.3 Å². The molecule has 0 fully saturated rings. The molecule has 22 heavy (non-hydrogen) atoms. The lowest BCUT2D eigenvalue weighted by Gasteiger charge is -2.13. The standard InChI is InChI=1S/C17H13ClN2O2/c1-22-15-9-14-10(6-7-16(18)20-14)8-13(15)11-4-2-3-5-12(11)17(19)21/h2-9H,1H3,(H2,19,21). The zero-order valence-electron chi connectivity index (χ0n) is 11.8. The molecule has 1 amide bonds. The molecule has 3 rings (SSSR count). The third-order valence-corrected chi connectivity index (χ3v) is 3.67. The highest BCUT2D eigenvalue weighted by molar-refractivity contribution is 6.29. The molecule has 0 aliphatic heterocycles. The molecule has 1 heterocycles. The van der Waals surface area contributed by atoms with Gasteiger partial charge in [-0.15, -0.1) is 0 Å². The van der Waals surface area contributed by atoms with Gasteiger partial charge in [0.1, 0.15) is 10.9 Å². The van der Waals surface area contributed by atoms with Crippen molar-refractivity contribution in [2.75, 3.05) is 7.11 Å². The molecule has 5 heteroatoms. The molecule has 0 saturated heterocycles. The molecule has 4 nitrogen and oxygen atoms in total. The van der Waals surface area contributed by atoms with Crippen molar-refractivity contribution in [2.45, 2.75) is 0 Å². The summed E-state index contributed by atoms with van der Waals surface area (Å²) in [6, 6.07) is 14.5. The molecule has 3 aromatic rings. The summed E-state index contributed by atoms with van der Waals surface area (Å²) in [5.74, 6) is 0.128. The Balaban J connectivity index is 2.31. The molecule has 0 aliphatic carbocycles. The van der Waals surface area contributed by atoms with Crippen molar-refractivity contribution < 1.29 is 9.53 Å². The topological polar surface area (TPSA) is 65.2 Å². The number of pyridine rings is 1. The minimum absolute atomic E-state index is 0.417. The molecule has 0 radical (unpaired) electrons. The third kappa shape index (κ3) is 2.49. The van der Waals surface area contributed by atoms with E-state index in [2.05, 4.69) is 4.98 Å². The number of fused-ring (bicyclic) bond motifs is 1. The number of hydrogen-bond acceptors (Lipinski definition) is 3. The van der Waals surface area contributed by atoms with Gasteiger partial charge in [0.2, 0.25) is 5.91 Å². The number of nitrogens with two attached hydrogens (primary N) is 1. The fourth-order valence-electron chi connectivity index (χ4n) is 2.44. The molecule has 0 unspecified atom stereocenters. The van der Waals surface area contributed by atoms with Gasteiger partial charge < -0.3 is 10.5 Å². The van der Waals surface area contributed by atoms with Crippen LogP contribution in [0.5, 0.6) is 5.75 Å². The quantitative estimate of drug-likeness (QED) is 0.750. The number of hydrogen-bond donors (Lipinski definition) is 1. The first-order valence-corrected chi connectivity index (χ1v) is 7.01. The number of rotatable bonds is 3. The predicted molar refractivity (Wildman–Crippen MR) is 87.3 cm³/mol. The average Bonchev–Trinajstić information content (AvgIpc) is 2.53. The van der Waals surface area contributed by atoms with Crippen molar-refractivity contribution in [1.82, 2.24) is 4.98 Å². The van der Waals surface area contributed by atoms with Crippen LogP contribution in [-0.4, -0.2) is 18.0 Å². The Hall–Kier alpha value is -2.59. The van der Waals surface area contributed by atoms with Gasteiger partial charge in [0.25, 0.3) is 0 Å². The zero-order chi connectivity index (χ0) is 15.7. The molecule has 2 N–H and O–H groups in total. The summed E-state index contributed by atoms with van der Waals surface area (Å²) >= 11 is 5.92. The number of carbonyl (C=O) groups is 1. The smallest absolute Gasteiger partial charge is 0.249 e. The van der Waals surface area contributed by atoms with E-state index in [0.717, 1.165) is 22.0 Å². The van der Waals surface area contributed by atoms with Crippen LogP contribution in [-0.2, 0) is 0 Å². The van der Waals surface area contributed by atoms with E-state index in [1.165, 1.54) is 0 Å². The van der Waals surface area contributed by atoms with E-state index in [9.17, 15) is 4.79 Å². The highest BCUT2D eigenvalue weighted by atomic mass is 35.5. The van der Waals surface area contributed by atoms with Crippen molar-refractivity contribution in [3.8, 4) is 16.9 Å². The average molecular weight is 313 g/mol. The maximum Gasteiger partial charge on any atom is 0.249 e. The van der Waals surface area contributed by atoms with Crippen LogP contribution in [0.25, 0.3) is 22.0 Å². The highest BCUT2D eigenvalue weighted by Gasteiger charge is 2.14. The fourth-order valence-corrected chi connectivity index (χ4v) is 2.59. The second-order valence-electron chi connectivity index (χ2n) is 4.79. The number of aromatic nitrogens is 1. The Labute approximate surface area is 132 Å². The van der Waals surface area contributed by atoms with Gasteiger partial charge in [-0.2, -0.15) is 0 Å². The van der Waals surface area contributed by atoms with E-state index in [0.29, 0.717) is 16.5 Å².